The third kappa shape index (κ3) is 3.24. The van der Waals surface area contributed by atoms with Gasteiger partial charge in [-0.1, -0.05) is 13.8 Å². The number of sulfonamides is 1. The molecule has 114 valence electrons. The minimum atomic E-state index is -3.45. The largest absolute Gasteiger partial charge is 0.393 e. The molecule has 1 aliphatic heterocycles. The Labute approximate surface area is 125 Å². The number of hydrogen-bond acceptors (Lipinski definition) is 4. The van der Waals surface area contributed by atoms with Crippen LogP contribution in [0, 0.1) is 19.3 Å². The Hall–Kier alpha value is -0.430. The molecule has 1 atom stereocenters. The third-order valence-electron chi connectivity index (χ3n) is 3.67. The molecule has 4 nitrogen and oxygen atoms in total. The maximum Gasteiger partial charge on any atom is 0.252 e. The van der Waals surface area contributed by atoms with Gasteiger partial charge in [-0.2, -0.15) is 4.31 Å². The number of nitrogens with zero attached hydrogens (tertiary/aromatic N) is 1. The van der Waals surface area contributed by atoms with E-state index in [1.165, 1.54) is 11.3 Å². The zero-order valence-electron chi connectivity index (χ0n) is 12.5. The average Bonchev–Trinajstić information content (AvgIpc) is 2.55. The van der Waals surface area contributed by atoms with Crippen LogP contribution in [0.3, 0.4) is 0 Å². The van der Waals surface area contributed by atoms with Crippen LogP contribution in [0.5, 0.6) is 0 Å². The van der Waals surface area contributed by atoms with Crippen LogP contribution in [0.2, 0.25) is 0 Å². The summed E-state index contributed by atoms with van der Waals surface area (Å²) < 4.78 is 27.6. The molecule has 0 saturated carbocycles. The van der Waals surface area contributed by atoms with Crippen LogP contribution in [0.4, 0.5) is 0 Å². The molecule has 1 fully saturated rings. The van der Waals surface area contributed by atoms with Crippen molar-refractivity contribution in [3.05, 3.63) is 16.5 Å². The fourth-order valence-electron chi connectivity index (χ4n) is 2.85. The van der Waals surface area contributed by atoms with Crippen LogP contribution in [-0.4, -0.2) is 37.0 Å². The van der Waals surface area contributed by atoms with Crippen LogP contribution in [0.15, 0.2) is 10.3 Å². The molecule has 0 aromatic carbocycles. The predicted molar refractivity (Wildman–Crippen MR) is 81.6 cm³/mol. The van der Waals surface area contributed by atoms with Crippen molar-refractivity contribution in [1.82, 2.24) is 4.31 Å². The van der Waals surface area contributed by atoms with E-state index in [0.717, 1.165) is 10.4 Å². The number of hydrogen-bond donors (Lipinski definition) is 1. The van der Waals surface area contributed by atoms with Crippen molar-refractivity contribution in [2.75, 3.05) is 13.1 Å². The Bertz CT molecular complexity index is 590. The lowest BCUT2D eigenvalue weighted by Gasteiger charge is -2.29. The second-order valence-corrected chi connectivity index (χ2v) is 9.87. The van der Waals surface area contributed by atoms with Gasteiger partial charge in [0.25, 0.3) is 10.0 Å². The van der Waals surface area contributed by atoms with Gasteiger partial charge in [0.15, 0.2) is 0 Å². The van der Waals surface area contributed by atoms with E-state index < -0.39 is 16.1 Å². The summed E-state index contributed by atoms with van der Waals surface area (Å²) in [5, 5.41) is 9.92. The van der Waals surface area contributed by atoms with E-state index in [1.807, 2.05) is 33.8 Å². The van der Waals surface area contributed by atoms with Crippen LogP contribution in [0.25, 0.3) is 0 Å². The average molecular weight is 317 g/mol. The highest BCUT2D eigenvalue weighted by Gasteiger charge is 2.36. The first-order chi connectivity index (χ1) is 9.12. The highest BCUT2D eigenvalue weighted by molar-refractivity contribution is 7.91. The molecule has 1 aromatic heterocycles. The summed E-state index contributed by atoms with van der Waals surface area (Å²) in [6.07, 6.45) is 0.726. The summed E-state index contributed by atoms with van der Waals surface area (Å²) in [6.45, 7) is 8.64. The van der Waals surface area contributed by atoms with Gasteiger partial charge < -0.3 is 5.11 Å². The first-order valence-corrected chi connectivity index (χ1v) is 9.13. The normalized spacial score (nSPS) is 24.6. The monoisotopic (exact) mass is 317 g/mol. The smallest absolute Gasteiger partial charge is 0.252 e. The van der Waals surface area contributed by atoms with Crippen molar-refractivity contribution in [3.63, 3.8) is 0 Å². The lowest BCUT2D eigenvalue weighted by Crippen LogP contribution is -2.37. The summed E-state index contributed by atoms with van der Waals surface area (Å²) in [5.41, 5.74) is 0.610. The van der Waals surface area contributed by atoms with Crippen LogP contribution >= 0.6 is 11.3 Å². The first kappa shape index (κ1) is 15.9. The molecular weight excluding hydrogens is 294 g/mol. The standard InChI is InChI=1S/C14H23NO3S2/c1-10-7-11(2)19-13(10)20(17,18)15-6-5-12(16)8-14(3,4)9-15/h7,12,16H,5-6,8-9H2,1-4H3. The highest BCUT2D eigenvalue weighted by atomic mass is 32.2. The van der Waals surface area contributed by atoms with Crippen molar-refractivity contribution in [2.24, 2.45) is 5.41 Å². The van der Waals surface area contributed by atoms with Crippen molar-refractivity contribution in [1.29, 1.82) is 0 Å². The molecule has 0 radical (unpaired) electrons. The quantitative estimate of drug-likeness (QED) is 0.912. The predicted octanol–water partition coefficient (Wildman–Crippen LogP) is 2.54. The maximum atomic E-state index is 12.8. The molecule has 1 aromatic rings. The summed E-state index contributed by atoms with van der Waals surface area (Å²) >= 11 is 1.33. The van der Waals surface area contributed by atoms with Crippen LogP contribution in [0.1, 0.15) is 37.1 Å². The van der Waals surface area contributed by atoms with E-state index in [9.17, 15) is 13.5 Å². The van der Waals surface area contributed by atoms with Gasteiger partial charge in [-0.05, 0) is 43.7 Å². The molecule has 2 heterocycles. The van der Waals surface area contributed by atoms with Gasteiger partial charge in [0.2, 0.25) is 0 Å². The fraction of sp³-hybridized carbons (Fsp3) is 0.714. The second-order valence-electron chi connectivity index (χ2n) is 6.48. The highest BCUT2D eigenvalue weighted by Crippen LogP contribution is 2.34. The van der Waals surface area contributed by atoms with E-state index in [2.05, 4.69) is 0 Å². The second kappa shape index (κ2) is 5.40. The topological polar surface area (TPSA) is 57.6 Å². The molecule has 0 aliphatic carbocycles. The van der Waals surface area contributed by atoms with Crippen LogP contribution in [-0.2, 0) is 10.0 Å². The molecule has 1 N–H and O–H groups in total. The number of aryl methyl sites for hydroxylation is 2. The third-order valence-corrected chi connectivity index (χ3v) is 7.29. The number of aliphatic hydroxyl groups excluding tert-OH is 1. The van der Waals surface area contributed by atoms with Crippen LogP contribution < -0.4 is 0 Å². The lowest BCUT2D eigenvalue weighted by molar-refractivity contribution is 0.122. The van der Waals surface area contributed by atoms with Gasteiger partial charge in [0.05, 0.1) is 6.10 Å². The number of aliphatic hydroxyl groups is 1. The Kier molecular flexibility index (Phi) is 4.31. The molecule has 0 amide bonds. The van der Waals surface area contributed by atoms with Crippen molar-refractivity contribution < 1.29 is 13.5 Å². The summed E-state index contributed by atoms with van der Waals surface area (Å²) in [4.78, 5) is 1.01. The molecular formula is C14H23NO3S2. The minimum absolute atomic E-state index is 0.205. The van der Waals surface area contributed by atoms with E-state index >= 15 is 0 Å². The molecule has 1 unspecified atom stereocenters. The van der Waals surface area contributed by atoms with Crippen molar-refractivity contribution >= 4 is 21.4 Å². The van der Waals surface area contributed by atoms with Gasteiger partial charge in [-0.15, -0.1) is 11.3 Å². The van der Waals surface area contributed by atoms with Crippen molar-refractivity contribution in [3.8, 4) is 0 Å². The first-order valence-electron chi connectivity index (χ1n) is 6.87. The van der Waals surface area contributed by atoms with Gasteiger partial charge >= 0.3 is 0 Å². The van der Waals surface area contributed by atoms with Gasteiger partial charge in [0, 0.05) is 18.0 Å². The molecule has 1 aliphatic rings. The zero-order chi connectivity index (χ0) is 15.1. The number of rotatable bonds is 2. The molecule has 1 saturated heterocycles. The van der Waals surface area contributed by atoms with E-state index in [4.69, 9.17) is 0 Å². The van der Waals surface area contributed by atoms with E-state index in [0.29, 0.717) is 30.1 Å². The van der Waals surface area contributed by atoms with Gasteiger partial charge in [0.1, 0.15) is 4.21 Å². The molecule has 6 heteroatoms. The number of thiophene rings is 1. The van der Waals surface area contributed by atoms with Crippen molar-refractivity contribution in [2.45, 2.75) is 50.8 Å². The molecule has 20 heavy (non-hydrogen) atoms. The van der Waals surface area contributed by atoms with Gasteiger partial charge in [-0.25, -0.2) is 8.42 Å². The molecule has 2 rings (SSSR count). The Balaban J connectivity index is 2.36. The Morgan fingerprint density at radius 3 is 2.60 bits per heavy atom. The van der Waals surface area contributed by atoms with Gasteiger partial charge in [-0.3, -0.25) is 0 Å². The molecule has 0 bridgehead atoms. The Morgan fingerprint density at radius 2 is 2.05 bits per heavy atom. The summed E-state index contributed by atoms with van der Waals surface area (Å²) in [6, 6.07) is 1.91. The lowest BCUT2D eigenvalue weighted by atomic mass is 9.87. The zero-order valence-corrected chi connectivity index (χ0v) is 14.1. The summed E-state index contributed by atoms with van der Waals surface area (Å²) in [7, 11) is -3.45. The fourth-order valence-corrected chi connectivity index (χ4v) is 6.30. The SMILES string of the molecule is Cc1cc(C)c(S(=O)(=O)N2CCC(O)CC(C)(C)C2)s1. The summed E-state index contributed by atoms with van der Waals surface area (Å²) in [5.74, 6) is 0. The van der Waals surface area contributed by atoms with E-state index in [-0.39, 0.29) is 5.41 Å². The Morgan fingerprint density at radius 1 is 1.40 bits per heavy atom. The minimum Gasteiger partial charge on any atom is -0.393 e. The molecule has 0 spiro atoms. The van der Waals surface area contributed by atoms with E-state index in [1.54, 1.807) is 4.31 Å². The maximum absolute atomic E-state index is 12.8.